The van der Waals surface area contributed by atoms with Crippen molar-refractivity contribution >= 4 is 10.9 Å². The number of likely N-dealkylation sites (tertiary alicyclic amines) is 1. The summed E-state index contributed by atoms with van der Waals surface area (Å²) in [7, 11) is 0. The highest BCUT2D eigenvalue weighted by Crippen LogP contribution is 2.37. The van der Waals surface area contributed by atoms with Crippen LogP contribution < -0.4 is 0 Å². The molecule has 0 spiro atoms. The van der Waals surface area contributed by atoms with Crippen LogP contribution in [0.3, 0.4) is 0 Å². The topological polar surface area (TPSA) is 31.9 Å². The van der Waals surface area contributed by atoms with Gasteiger partial charge in [0.15, 0.2) is 0 Å². The van der Waals surface area contributed by atoms with Gasteiger partial charge in [-0.3, -0.25) is 9.88 Å². The first kappa shape index (κ1) is 15.4. The van der Waals surface area contributed by atoms with Crippen molar-refractivity contribution in [3.8, 4) is 0 Å². The number of aryl methyl sites for hydroxylation is 1. The zero-order valence-corrected chi connectivity index (χ0v) is 14.5. The van der Waals surface area contributed by atoms with Crippen molar-refractivity contribution in [3.63, 3.8) is 0 Å². The van der Waals surface area contributed by atoms with Gasteiger partial charge in [-0.2, -0.15) is 0 Å². The van der Waals surface area contributed by atoms with Crippen LogP contribution >= 0.6 is 0 Å². The molecule has 1 atom stereocenters. The van der Waals surface area contributed by atoms with Crippen LogP contribution in [-0.4, -0.2) is 28.0 Å². The summed E-state index contributed by atoms with van der Waals surface area (Å²) >= 11 is 0. The monoisotopic (exact) mass is 319 g/mol. The SMILES string of the molecule is Cc1[nH]c2ccccc2c1[C@@H](c1ccncc1)N1CCC(C)CC1. The van der Waals surface area contributed by atoms with E-state index in [-0.39, 0.29) is 0 Å². The second-order valence-electron chi connectivity index (χ2n) is 7.11. The lowest BCUT2D eigenvalue weighted by atomic mass is 9.91. The Labute approximate surface area is 143 Å². The van der Waals surface area contributed by atoms with Crippen molar-refractivity contribution in [3.05, 3.63) is 65.6 Å². The molecule has 0 amide bonds. The van der Waals surface area contributed by atoms with Gasteiger partial charge in [0.05, 0.1) is 6.04 Å². The van der Waals surface area contributed by atoms with Gasteiger partial charge in [-0.1, -0.05) is 25.1 Å². The number of aromatic amines is 1. The number of nitrogens with one attached hydrogen (secondary N) is 1. The molecule has 4 rings (SSSR count). The van der Waals surface area contributed by atoms with E-state index in [0.29, 0.717) is 6.04 Å². The Hall–Kier alpha value is -2.13. The van der Waals surface area contributed by atoms with E-state index < -0.39 is 0 Å². The van der Waals surface area contributed by atoms with E-state index >= 15 is 0 Å². The van der Waals surface area contributed by atoms with Gasteiger partial charge in [-0.25, -0.2) is 0 Å². The van der Waals surface area contributed by atoms with E-state index in [2.05, 4.69) is 65.1 Å². The Morgan fingerprint density at radius 3 is 2.54 bits per heavy atom. The third-order valence-electron chi connectivity index (χ3n) is 5.42. The number of para-hydroxylation sites is 1. The minimum absolute atomic E-state index is 0.302. The van der Waals surface area contributed by atoms with Crippen LogP contribution in [0.1, 0.15) is 42.6 Å². The normalized spacial score (nSPS) is 18.1. The minimum Gasteiger partial charge on any atom is -0.358 e. The third kappa shape index (κ3) is 2.73. The van der Waals surface area contributed by atoms with Crippen LogP contribution in [-0.2, 0) is 0 Å². The molecule has 3 heteroatoms. The number of pyridine rings is 1. The van der Waals surface area contributed by atoms with Crippen LogP contribution in [0.2, 0.25) is 0 Å². The van der Waals surface area contributed by atoms with Crippen molar-refractivity contribution in [1.29, 1.82) is 0 Å². The highest BCUT2D eigenvalue weighted by atomic mass is 15.2. The molecule has 1 fully saturated rings. The molecule has 3 heterocycles. The second kappa shape index (κ2) is 6.40. The standard InChI is InChI=1S/C21H25N3/c1-15-9-13-24(14-10-15)21(17-7-11-22-12-8-17)20-16(2)23-19-6-4-3-5-18(19)20/h3-8,11-12,15,21,23H,9-10,13-14H2,1-2H3/t21-/m1/s1. The van der Waals surface area contributed by atoms with E-state index in [1.54, 1.807) is 0 Å². The number of hydrogen-bond donors (Lipinski definition) is 1. The van der Waals surface area contributed by atoms with Gasteiger partial charge in [0.25, 0.3) is 0 Å². The number of hydrogen-bond acceptors (Lipinski definition) is 2. The predicted octanol–water partition coefficient (Wildman–Crippen LogP) is 4.69. The van der Waals surface area contributed by atoms with Gasteiger partial charge in [-0.15, -0.1) is 0 Å². The summed E-state index contributed by atoms with van der Waals surface area (Å²) in [6.07, 6.45) is 6.39. The van der Waals surface area contributed by atoms with Crippen molar-refractivity contribution in [2.45, 2.75) is 32.7 Å². The Bertz CT molecular complexity index is 813. The van der Waals surface area contributed by atoms with E-state index in [0.717, 1.165) is 19.0 Å². The Morgan fingerprint density at radius 1 is 1.08 bits per heavy atom. The van der Waals surface area contributed by atoms with Crippen molar-refractivity contribution in [1.82, 2.24) is 14.9 Å². The van der Waals surface area contributed by atoms with Gasteiger partial charge >= 0.3 is 0 Å². The number of nitrogens with zero attached hydrogens (tertiary/aromatic N) is 2. The summed E-state index contributed by atoms with van der Waals surface area (Å²) in [4.78, 5) is 10.5. The average molecular weight is 319 g/mol. The molecule has 24 heavy (non-hydrogen) atoms. The molecule has 3 nitrogen and oxygen atoms in total. The highest BCUT2D eigenvalue weighted by molar-refractivity contribution is 5.85. The molecule has 1 aromatic carbocycles. The van der Waals surface area contributed by atoms with Gasteiger partial charge in [0.2, 0.25) is 0 Å². The highest BCUT2D eigenvalue weighted by Gasteiger charge is 2.29. The summed E-state index contributed by atoms with van der Waals surface area (Å²) in [5.41, 5.74) is 5.27. The molecule has 1 aliphatic rings. The average Bonchev–Trinajstić information content (AvgIpc) is 2.94. The molecule has 1 N–H and O–H groups in total. The Kier molecular flexibility index (Phi) is 4.11. The molecular weight excluding hydrogens is 294 g/mol. The first-order valence-corrected chi connectivity index (χ1v) is 8.95. The van der Waals surface area contributed by atoms with Crippen molar-refractivity contribution < 1.29 is 0 Å². The summed E-state index contributed by atoms with van der Waals surface area (Å²) in [5, 5.41) is 1.34. The molecular formula is C21H25N3. The molecule has 1 aliphatic heterocycles. The second-order valence-corrected chi connectivity index (χ2v) is 7.11. The fourth-order valence-electron chi connectivity index (χ4n) is 4.04. The first-order chi connectivity index (χ1) is 11.7. The largest absolute Gasteiger partial charge is 0.358 e. The molecule has 124 valence electrons. The number of aromatic nitrogens is 2. The van der Waals surface area contributed by atoms with Crippen LogP contribution in [0.15, 0.2) is 48.8 Å². The van der Waals surface area contributed by atoms with E-state index in [1.807, 2.05) is 12.4 Å². The fraction of sp³-hybridized carbons (Fsp3) is 0.381. The molecule has 0 bridgehead atoms. The quantitative estimate of drug-likeness (QED) is 0.759. The lowest BCUT2D eigenvalue weighted by Crippen LogP contribution is -2.37. The summed E-state index contributed by atoms with van der Waals surface area (Å²) in [6, 6.07) is 13.3. The van der Waals surface area contributed by atoms with Crippen molar-refractivity contribution in [2.75, 3.05) is 13.1 Å². The van der Waals surface area contributed by atoms with E-state index in [9.17, 15) is 0 Å². The molecule has 0 saturated carbocycles. The number of benzene rings is 1. The third-order valence-corrected chi connectivity index (χ3v) is 5.42. The van der Waals surface area contributed by atoms with Crippen LogP contribution in [0.5, 0.6) is 0 Å². The number of fused-ring (bicyclic) bond motifs is 1. The molecule has 1 saturated heterocycles. The molecule has 0 unspecified atom stereocenters. The van der Waals surface area contributed by atoms with E-state index in [4.69, 9.17) is 0 Å². The van der Waals surface area contributed by atoms with Crippen molar-refractivity contribution in [2.24, 2.45) is 5.92 Å². The first-order valence-electron chi connectivity index (χ1n) is 8.95. The fourth-order valence-corrected chi connectivity index (χ4v) is 4.04. The van der Waals surface area contributed by atoms with Crippen LogP contribution in [0.4, 0.5) is 0 Å². The van der Waals surface area contributed by atoms with Crippen LogP contribution in [0.25, 0.3) is 10.9 Å². The Balaban J connectivity index is 1.84. The summed E-state index contributed by atoms with van der Waals surface area (Å²) < 4.78 is 0. The maximum Gasteiger partial charge on any atom is 0.0626 e. The van der Waals surface area contributed by atoms with Gasteiger partial charge in [-0.05, 0) is 62.5 Å². The predicted molar refractivity (Wildman–Crippen MR) is 99.1 cm³/mol. The minimum atomic E-state index is 0.302. The van der Waals surface area contributed by atoms with Gasteiger partial charge in [0, 0.05) is 34.6 Å². The molecule has 0 radical (unpaired) electrons. The van der Waals surface area contributed by atoms with Gasteiger partial charge in [0.1, 0.15) is 0 Å². The zero-order valence-electron chi connectivity index (χ0n) is 14.5. The number of rotatable bonds is 3. The lowest BCUT2D eigenvalue weighted by Gasteiger charge is -2.37. The maximum absolute atomic E-state index is 4.22. The zero-order chi connectivity index (χ0) is 16.5. The Morgan fingerprint density at radius 2 is 1.79 bits per heavy atom. The number of piperidine rings is 1. The molecule has 0 aliphatic carbocycles. The lowest BCUT2D eigenvalue weighted by molar-refractivity contribution is 0.158. The van der Waals surface area contributed by atoms with Crippen LogP contribution in [0, 0.1) is 12.8 Å². The summed E-state index contributed by atoms with van der Waals surface area (Å²) in [6.45, 7) is 6.89. The molecule has 3 aromatic rings. The molecule has 2 aromatic heterocycles. The smallest absolute Gasteiger partial charge is 0.0626 e. The van der Waals surface area contributed by atoms with E-state index in [1.165, 1.54) is 40.6 Å². The maximum atomic E-state index is 4.22. The number of H-pyrrole nitrogens is 1. The summed E-state index contributed by atoms with van der Waals surface area (Å²) in [5.74, 6) is 0.836. The van der Waals surface area contributed by atoms with Gasteiger partial charge < -0.3 is 4.98 Å².